The van der Waals surface area contributed by atoms with E-state index in [2.05, 4.69) is 15.9 Å². The maximum absolute atomic E-state index is 13.0. The van der Waals surface area contributed by atoms with Crippen LogP contribution in [0.2, 0.25) is 0 Å². The molecule has 0 atom stereocenters. The molecule has 6 nitrogen and oxygen atoms in total. The molecule has 0 aliphatic carbocycles. The number of carbonyl (C=O) groups excluding carboxylic acids is 1. The van der Waals surface area contributed by atoms with Crippen molar-refractivity contribution in [3.63, 3.8) is 0 Å². The lowest BCUT2D eigenvalue weighted by Crippen LogP contribution is -2.50. The minimum absolute atomic E-state index is 0.0269. The largest absolute Gasteiger partial charge is 0.490 e. The number of amides is 1. The zero-order chi connectivity index (χ0) is 21.0. The summed E-state index contributed by atoms with van der Waals surface area (Å²) in [6, 6.07) is 14.5. The van der Waals surface area contributed by atoms with Gasteiger partial charge in [0, 0.05) is 30.7 Å². The lowest BCUT2D eigenvalue weighted by Gasteiger charge is -2.34. The van der Waals surface area contributed by atoms with E-state index in [1.165, 1.54) is 4.31 Å². The molecule has 3 rings (SSSR count). The van der Waals surface area contributed by atoms with Gasteiger partial charge in [-0.15, -0.1) is 0 Å². The fraction of sp³-hybridized carbons (Fsp3) is 0.381. The molecular formula is C21H25BrN2O4S. The van der Waals surface area contributed by atoms with Crippen LogP contribution < -0.4 is 4.74 Å². The Hall–Kier alpha value is -1.90. The summed E-state index contributed by atoms with van der Waals surface area (Å²) in [5.41, 5.74) is 1.25. The third kappa shape index (κ3) is 5.58. The van der Waals surface area contributed by atoms with Crippen molar-refractivity contribution in [2.75, 3.05) is 26.2 Å². The number of halogens is 1. The number of nitrogens with zero attached hydrogens (tertiary/aromatic N) is 2. The molecule has 0 spiro atoms. The summed E-state index contributed by atoms with van der Waals surface area (Å²) in [6.07, 6.45) is -0.0594. The Bertz CT molecular complexity index is 956. The minimum Gasteiger partial charge on any atom is -0.490 e. The smallest absolute Gasteiger partial charge is 0.257 e. The Morgan fingerprint density at radius 1 is 1.07 bits per heavy atom. The minimum atomic E-state index is -3.42. The van der Waals surface area contributed by atoms with E-state index < -0.39 is 10.0 Å². The van der Waals surface area contributed by atoms with Gasteiger partial charge in [-0.2, -0.15) is 4.31 Å². The number of ether oxygens (including phenoxy) is 1. The molecule has 0 unspecified atom stereocenters. The van der Waals surface area contributed by atoms with Crippen molar-refractivity contribution in [2.45, 2.75) is 25.7 Å². The first-order chi connectivity index (χ1) is 13.8. The first-order valence-corrected chi connectivity index (χ1v) is 11.9. The average molecular weight is 481 g/mol. The molecule has 0 radical (unpaired) electrons. The molecule has 156 valence electrons. The van der Waals surface area contributed by atoms with Crippen LogP contribution in [0, 0.1) is 0 Å². The first kappa shape index (κ1) is 21.8. The molecule has 1 aliphatic rings. The van der Waals surface area contributed by atoms with Gasteiger partial charge in [-0.05, 0) is 37.6 Å². The summed E-state index contributed by atoms with van der Waals surface area (Å²) in [5.74, 6) is 0.354. The van der Waals surface area contributed by atoms with Gasteiger partial charge >= 0.3 is 0 Å². The van der Waals surface area contributed by atoms with Gasteiger partial charge in [0.1, 0.15) is 5.75 Å². The van der Waals surface area contributed by atoms with Gasteiger partial charge in [0.2, 0.25) is 10.0 Å². The zero-order valence-electron chi connectivity index (χ0n) is 16.5. The summed E-state index contributed by atoms with van der Waals surface area (Å²) < 4.78 is 33.5. The van der Waals surface area contributed by atoms with Gasteiger partial charge in [-0.25, -0.2) is 8.42 Å². The van der Waals surface area contributed by atoms with Gasteiger partial charge in [-0.1, -0.05) is 46.3 Å². The standard InChI is InChI=1S/C21H25BrN2O4S/c1-16(2)28-20-14-18(22)8-9-19(20)21(25)23-10-12-24(13-11-23)29(26,27)15-17-6-4-3-5-7-17/h3-9,14,16H,10-13,15H2,1-2H3. The number of hydrogen-bond donors (Lipinski definition) is 0. The molecule has 2 aromatic carbocycles. The Kier molecular flexibility index (Phi) is 6.97. The summed E-state index contributed by atoms with van der Waals surface area (Å²) in [4.78, 5) is 14.7. The molecule has 0 N–H and O–H groups in total. The summed E-state index contributed by atoms with van der Waals surface area (Å²) in [5, 5.41) is 0. The second kappa shape index (κ2) is 9.28. The van der Waals surface area contributed by atoms with Gasteiger partial charge in [0.25, 0.3) is 5.91 Å². The van der Waals surface area contributed by atoms with E-state index in [0.29, 0.717) is 24.4 Å². The molecular weight excluding hydrogens is 456 g/mol. The van der Waals surface area contributed by atoms with E-state index in [-0.39, 0.29) is 30.9 Å². The summed E-state index contributed by atoms with van der Waals surface area (Å²) >= 11 is 3.41. The van der Waals surface area contributed by atoms with E-state index in [9.17, 15) is 13.2 Å². The molecule has 29 heavy (non-hydrogen) atoms. The molecule has 0 saturated carbocycles. The average Bonchev–Trinajstić information content (AvgIpc) is 2.68. The van der Waals surface area contributed by atoms with Gasteiger partial charge < -0.3 is 9.64 Å². The van der Waals surface area contributed by atoms with E-state index in [0.717, 1.165) is 10.0 Å². The predicted molar refractivity (Wildman–Crippen MR) is 116 cm³/mol. The third-order valence-electron chi connectivity index (χ3n) is 4.65. The molecule has 1 aliphatic heterocycles. The molecule has 0 bridgehead atoms. The molecule has 1 saturated heterocycles. The van der Waals surface area contributed by atoms with Crippen molar-refractivity contribution in [1.82, 2.24) is 9.21 Å². The molecule has 2 aromatic rings. The van der Waals surface area contributed by atoms with Crippen LogP contribution in [-0.4, -0.2) is 55.8 Å². The van der Waals surface area contributed by atoms with Crippen LogP contribution in [0.25, 0.3) is 0 Å². The number of carbonyl (C=O) groups is 1. The van der Waals surface area contributed by atoms with E-state index >= 15 is 0 Å². The first-order valence-electron chi connectivity index (χ1n) is 9.53. The lowest BCUT2D eigenvalue weighted by atomic mass is 10.1. The van der Waals surface area contributed by atoms with Crippen LogP contribution in [0.15, 0.2) is 53.0 Å². The molecule has 1 heterocycles. The number of benzene rings is 2. The van der Waals surface area contributed by atoms with E-state index in [4.69, 9.17) is 4.74 Å². The number of hydrogen-bond acceptors (Lipinski definition) is 4. The van der Waals surface area contributed by atoms with Crippen molar-refractivity contribution < 1.29 is 17.9 Å². The predicted octanol–water partition coefficient (Wildman–Crippen LogP) is 3.52. The SMILES string of the molecule is CC(C)Oc1cc(Br)ccc1C(=O)N1CCN(S(=O)(=O)Cc2ccccc2)CC1. The lowest BCUT2D eigenvalue weighted by molar-refractivity contribution is 0.0691. The van der Waals surface area contributed by atoms with Crippen LogP contribution in [0.4, 0.5) is 0 Å². The van der Waals surface area contributed by atoms with Crippen molar-refractivity contribution in [3.05, 3.63) is 64.1 Å². The van der Waals surface area contributed by atoms with Crippen molar-refractivity contribution in [1.29, 1.82) is 0 Å². The monoisotopic (exact) mass is 480 g/mol. The molecule has 8 heteroatoms. The number of sulfonamides is 1. The zero-order valence-corrected chi connectivity index (χ0v) is 18.9. The van der Waals surface area contributed by atoms with Crippen LogP contribution in [-0.2, 0) is 15.8 Å². The Morgan fingerprint density at radius 3 is 2.34 bits per heavy atom. The quantitative estimate of drug-likeness (QED) is 0.634. The van der Waals surface area contributed by atoms with Crippen molar-refractivity contribution in [2.24, 2.45) is 0 Å². The maximum atomic E-state index is 13.0. The van der Waals surface area contributed by atoms with Gasteiger partial charge in [0.05, 0.1) is 17.4 Å². The van der Waals surface area contributed by atoms with E-state index in [1.807, 2.05) is 32.0 Å². The van der Waals surface area contributed by atoms with Crippen LogP contribution >= 0.6 is 15.9 Å². The number of piperazine rings is 1. The fourth-order valence-corrected chi connectivity index (χ4v) is 5.10. The van der Waals surface area contributed by atoms with Crippen LogP contribution in [0.5, 0.6) is 5.75 Å². The Morgan fingerprint density at radius 2 is 1.72 bits per heavy atom. The highest BCUT2D eigenvalue weighted by atomic mass is 79.9. The van der Waals surface area contributed by atoms with E-state index in [1.54, 1.807) is 35.2 Å². The normalized spacial score (nSPS) is 15.5. The second-order valence-electron chi connectivity index (χ2n) is 7.24. The van der Waals surface area contributed by atoms with Crippen LogP contribution in [0.3, 0.4) is 0 Å². The topological polar surface area (TPSA) is 66.9 Å². The number of rotatable bonds is 6. The summed E-state index contributed by atoms with van der Waals surface area (Å²) in [6.45, 7) is 5.10. The fourth-order valence-electron chi connectivity index (χ4n) is 3.24. The van der Waals surface area contributed by atoms with Gasteiger partial charge in [-0.3, -0.25) is 4.79 Å². The molecule has 1 amide bonds. The Balaban J connectivity index is 1.67. The second-order valence-corrected chi connectivity index (χ2v) is 10.1. The summed E-state index contributed by atoms with van der Waals surface area (Å²) in [7, 11) is -3.42. The highest BCUT2D eigenvalue weighted by Crippen LogP contribution is 2.27. The maximum Gasteiger partial charge on any atom is 0.257 e. The molecule has 0 aromatic heterocycles. The van der Waals surface area contributed by atoms with Gasteiger partial charge in [0.15, 0.2) is 0 Å². The van der Waals surface area contributed by atoms with Crippen molar-refractivity contribution in [3.8, 4) is 5.75 Å². The Labute approximate surface area is 180 Å². The highest BCUT2D eigenvalue weighted by Gasteiger charge is 2.30. The third-order valence-corrected chi connectivity index (χ3v) is 6.99. The van der Waals surface area contributed by atoms with Crippen molar-refractivity contribution >= 4 is 31.9 Å². The van der Waals surface area contributed by atoms with Crippen LogP contribution in [0.1, 0.15) is 29.8 Å². The molecule has 1 fully saturated rings. The highest BCUT2D eigenvalue weighted by molar-refractivity contribution is 9.10.